The number of aromatic nitrogens is 4. The Morgan fingerprint density at radius 1 is 1.23 bits per heavy atom. The molecule has 2 unspecified atom stereocenters. The molecule has 0 radical (unpaired) electrons. The molecule has 7 nitrogen and oxygen atoms in total. The average Bonchev–Trinajstić information content (AvgIpc) is 3.31. The fraction of sp³-hybridized carbons (Fsp3) is 0.364. The highest BCUT2D eigenvalue weighted by Gasteiger charge is 2.34. The smallest absolute Gasteiger partial charge is 0.240 e. The summed E-state index contributed by atoms with van der Waals surface area (Å²) in [5, 5.41) is 9.18. The van der Waals surface area contributed by atoms with E-state index >= 15 is 0 Å². The van der Waals surface area contributed by atoms with E-state index in [0.29, 0.717) is 18.3 Å². The van der Waals surface area contributed by atoms with E-state index in [1.807, 2.05) is 46.7 Å². The number of hydrogen-bond donors (Lipinski definition) is 0. The number of fused-ring (bicyclic) bond motifs is 1. The summed E-state index contributed by atoms with van der Waals surface area (Å²) in [6.07, 6.45) is 4.35. The molecule has 156 valence electrons. The van der Waals surface area contributed by atoms with Gasteiger partial charge < -0.3 is 9.64 Å². The lowest BCUT2D eigenvalue weighted by Crippen LogP contribution is -2.40. The summed E-state index contributed by atoms with van der Waals surface area (Å²) in [5.41, 5.74) is 3.17. The number of carbonyl (C=O) groups excluding carboxylic acids is 1. The van der Waals surface area contributed by atoms with Gasteiger partial charge in [-0.05, 0) is 44.0 Å². The van der Waals surface area contributed by atoms with Gasteiger partial charge in [0.25, 0.3) is 0 Å². The summed E-state index contributed by atoms with van der Waals surface area (Å²) in [6.45, 7) is 5.16. The van der Waals surface area contributed by atoms with Gasteiger partial charge in [-0.1, -0.05) is 30.0 Å². The Kier molecular flexibility index (Phi) is 6.15. The number of carbonyl (C=O) groups is 1. The topological polar surface area (TPSA) is 73.1 Å². The summed E-state index contributed by atoms with van der Waals surface area (Å²) in [5.74, 6) is 0.834. The number of rotatable bonds is 7. The van der Waals surface area contributed by atoms with Gasteiger partial charge in [0.15, 0.2) is 11.0 Å². The van der Waals surface area contributed by atoms with Gasteiger partial charge in [-0.25, -0.2) is 0 Å². The van der Waals surface area contributed by atoms with Crippen molar-refractivity contribution in [3.63, 3.8) is 0 Å². The standard InChI is InChI=1S/C22H25N5O2S/c1-15-14-18-6-4-5-7-19(18)27(15)21(28)16(2)30-22-25-24-20(26(22)12-13-29-3)17-8-10-23-11-9-17/h4-11,15-16H,12-14H2,1-3H3. The predicted molar refractivity (Wildman–Crippen MR) is 118 cm³/mol. The molecule has 0 spiro atoms. The number of ether oxygens (including phenoxy) is 1. The largest absolute Gasteiger partial charge is 0.383 e. The van der Waals surface area contributed by atoms with Crippen LogP contribution in [0.2, 0.25) is 0 Å². The molecule has 3 aromatic rings. The van der Waals surface area contributed by atoms with E-state index < -0.39 is 0 Å². The molecule has 0 aliphatic carbocycles. The highest BCUT2D eigenvalue weighted by atomic mass is 32.2. The maximum atomic E-state index is 13.3. The molecular formula is C22H25N5O2S. The monoisotopic (exact) mass is 423 g/mol. The maximum Gasteiger partial charge on any atom is 0.240 e. The van der Waals surface area contributed by atoms with Crippen LogP contribution >= 0.6 is 11.8 Å². The zero-order valence-corrected chi connectivity index (χ0v) is 18.2. The molecule has 1 aliphatic heterocycles. The number of benzene rings is 1. The van der Waals surface area contributed by atoms with Crippen molar-refractivity contribution in [2.45, 2.75) is 43.3 Å². The number of anilines is 1. The second-order valence-electron chi connectivity index (χ2n) is 7.34. The van der Waals surface area contributed by atoms with Crippen molar-refractivity contribution in [2.75, 3.05) is 18.6 Å². The Hall–Kier alpha value is -2.71. The summed E-state index contributed by atoms with van der Waals surface area (Å²) in [4.78, 5) is 19.3. The van der Waals surface area contributed by atoms with Crippen molar-refractivity contribution in [1.82, 2.24) is 19.7 Å². The van der Waals surface area contributed by atoms with Crippen LogP contribution in [0.25, 0.3) is 11.4 Å². The zero-order valence-electron chi connectivity index (χ0n) is 17.4. The van der Waals surface area contributed by atoms with Gasteiger partial charge in [-0.15, -0.1) is 10.2 Å². The SMILES string of the molecule is COCCn1c(SC(C)C(=O)N2c3ccccc3CC2C)nnc1-c1ccncc1. The third-order valence-electron chi connectivity index (χ3n) is 5.25. The van der Waals surface area contributed by atoms with Gasteiger partial charge >= 0.3 is 0 Å². The zero-order chi connectivity index (χ0) is 21.1. The van der Waals surface area contributed by atoms with Crippen LogP contribution in [-0.2, 0) is 22.5 Å². The molecule has 0 fully saturated rings. The molecule has 2 aromatic heterocycles. The fourth-order valence-corrected chi connectivity index (χ4v) is 4.70. The lowest BCUT2D eigenvalue weighted by Gasteiger charge is -2.25. The number of pyridine rings is 1. The molecule has 1 aromatic carbocycles. The second-order valence-corrected chi connectivity index (χ2v) is 8.64. The first-order valence-electron chi connectivity index (χ1n) is 10.00. The number of para-hydroxylation sites is 1. The normalized spacial score (nSPS) is 16.5. The van der Waals surface area contributed by atoms with Gasteiger partial charge in [0, 0.05) is 36.8 Å². The molecule has 1 aliphatic rings. The molecule has 0 saturated heterocycles. The first-order chi connectivity index (χ1) is 14.6. The van der Waals surface area contributed by atoms with E-state index in [0.717, 1.165) is 23.5 Å². The minimum absolute atomic E-state index is 0.0872. The van der Waals surface area contributed by atoms with Gasteiger partial charge in [-0.2, -0.15) is 0 Å². The van der Waals surface area contributed by atoms with Crippen molar-refractivity contribution < 1.29 is 9.53 Å². The first-order valence-corrected chi connectivity index (χ1v) is 10.9. The predicted octanol–water partition coefficient (Wildman–Crippen LogP) is 3.44. The third-order valence-corrected chi connectivity index (χ3v) is 6.32. The Labute approximate surface area is 180 Å². The third kappa shape index (κ3) is 3.97. The Balaban J connectivity index is 1.58. The summed E-state index contributed by atoms with van der Waals surface area (Å²) < 4.78 is 7.28. The van der Waals surface area contributed by atoms with Crippen molar-refractivity contribution in [3.05, 3.63) is 54.4 Å². The Bertz CT molecular complexity index is 1020. The molecule has 0 N–H and O–H groups in total. The quantitative estimate of drug-likeness (QED) is 0.542. The molecule has 0 bridgehead atoms. The minimum atomic E-state index is -0.297. The van der Waals surface area contributed by atoms with E-state index in [2.05, 4.69) is 28.2 Å². The van der Waals surface area contributed by atoms with Gasteiger partial charge in [0.2, 0.25) is 5.91 Å². The molecule has 1 amide bonds. The molecule has 4 rings (SSSR count). The molecule has 0 saturated carbocycles. The lowest BCUT2D eigenvalue weighted by atomic mass is 10.1. The number of hydrogen-bond acceptors (Lipinski definition) is 6. The van der Waals surface area contributed by atoms with Crippen LogP contribution in [0.15, 0.2) is 53.9 Å². The van der Waals surface area contributed by atoms with Crippen LogP contribution in [0.3, 0.4) is 0 Å². The van der Waals surface area contributed by atoms with Crippen LogP contribution in [-0.4, -0.2) is 50.7 Å². The minimum Gasteiger partial charge on any atom is -0.383 e. The van der Waals surface area contributed by atoms with E-state index in [-0.39, 0.29) is 17.2 Å². The lowest BCUT2D eigenvalue weighted by molar-refractivity contribution is -0.118. The number of nitrogens with zero attached hydrogens (tertiary/aromatic N) is 5. The highest BCUT2D eigenvalue weighted by molar-refractivity contribution is 8.00. The summed E-state index contributed by atoms with van der Waals surface area (Å²) in [6, 6.07) is 12.1. The van der Waals surface area contributed by atoms with Crippen molar-refractivity contribution >= 4 is 23.4 Å². The summed E-state index contributed by atoms with van der Waals surface area (Å²) >= 11 is 1.43. The van der Waals surface area contributed by atoms with E-state index in [1.54, 1.807) is 19.5 Å². The number of methoxy groups -OCH3 is 1. The molecule has 30 heavy (non-hydrogen) atoms. The van der Waals surface area contributed by atoms with Gasteiger partial charge in [-0.3, -0.25) is 14.3 Å². The maximum absolute atomic E-state index is 13.3. The van der Waals surface area contributed by atoms with Crippen LogP contribution in [0.1, 0.15) is 19.4 Å². The van der Waals surface area contributed by atoms with Crippen LogP contribution < -0.4 is 4.90 Å². The number of amides is 1. The van der Waals surface area contributed by atoms with Crippen molar-refractivity contribution in [1.29, 1.82) is 0 Å². The Morgan fingerprint density at radius 2 is 2.00 bits per heavy atom. The van der Waals surface area contributed by atoms with E-state index in [1.165, 1.54) is 17.3 Å². The van der Waals surface area contributed by atoms with Crippen LogP contribution in [0.4, 0.5) is 5.69 Å². The first kappa shape index (κ1) is 20.6. The number of thioether (sulfide) groups is 1. The van der Waals surface area contributed by atoms with Gasteiger partial charge in [0.1, 0.15) is 0 Å². The highest BCUT2D eigenvalue weighted by Crippen LogP contribution is 2.35. The molecular weight excluding hydrogens is 398 g/mol. The molecule has 8 heteroatoms. The fourth-order valence-electron chi connectivity index (χ4n) is 3.78. The summed E-state index contributed by atoms with van der Waals surface area (Å²) in [7, 11) is 1.67. The molecule has 3 heterocycles. The van der Waals surface area contributed by atoms with E-state index in [4.69, 9.17) is 4.74 Å². The molecule has 2 atom stereocenters. The van der Waals surface area contributed by atoms with Crippen molar-refractivity contribution in [3.8, 4) is 11.4 Å². The average molecular weight is 424 g/mol. The second kappa shape index (κ2) is 8.97. The van der Waals surface area contributed by atoms with E-state index in [9.17, 15) is 4.79 Å². The van der Waals surface area contributed by atoms with Crippen LogP contribution in [0.5, 0.6) is 0 Å². The Morgan fingerprint density at radius 3 is 2.77 bits per heavy atom. The van der Waals surface area contributed by atoms with Crippen LogP contribution in [0, 0.1) is 0 Å². The van der Waals surface area contributed by atoms with Gasteiger partial charge in [0.05, 0.1) is 18.4 Å². The van der Waals surface area contributed by atoms with Crippen molar-refractivity contribution in [2.24, 2.45) is 0 Å².